The highest BCUT2D eigenvalue weighted by Gasteiger charge is 2.28. The molecule has 0 aliphatic heterocycles. The lowest BCUT2D eigenvalue weighted by atomic mass is 10.2. The Bertz CT molecular complexity index is 769. The fourth-order valence-electron chi connectivity index (χ4n) is 2.20. The summed E-state index contributed by atoms with van der Waals surface area (Å²) < 4.78 is 59.0. The molecule has 0 aromatic heterocycles. The summed E-state index contributed by atoms with van der Waals surface area (Å²) in [6.45, 7) is 4.30. The van der Waals surface area contributed by atoms with Gasteiger partial charge in [0.25, 0.3) is 0 Å². The van der Waals surface area contributed by atoms with Crippen molar-refractivity contribution in [2.45, 2.75) is 45.6 Å². The molecule has 1 aromatic carbocycles. The Hall–Kier alpha value is -1.37. The van der Waals surface area contributed by atoms with Crippen LogP contribution in [0.2, 0.25) is 0 Å². The molecule has 7 nitrogen and oxygen atoms in total. The first kappa shape index (κ1) is 27.6. The Kier molecular flexibility index (Phi) is 11.8. The van der Waals surface area contributed by atoms with E-state index < -0.39 is 21.2 Å². The molecule has 0 unspecified atom stereocenters. The van der Waals surface area contributed by atoms with E-state index in [0.717, 1.165) is 0 Å². The number of benzene rings is 1. The minimum Gasteiger partial charge on any atom is -0.490 e. The number of hydrogen-bond donors (Lipinski definition) is 2. The van der Waals surface area contributed by atoms with E-state index in [-0.39, 0.29) is 54.3 Å². The molecule has 0 aliphatic carbocycles. The van der Waals surface area contributed by atoms with Crippen LogP contribution in [0.5, 0.6) is 11.5 Å². The minimum absolute atomic E-state index is 0. The van der Waals surface area contributed by atoms with Crippen molar-refractivity contribution >= 4 is 39.8 Å². The van der Waals surface area contributed by atoms with E-state index >= 15 is 0 Å². The summed E-state index contributed by atoms with van der Waals surface area (Å²) in [5.74, 6) is 0.462. The van der Waals surface area contributed by atoms with Crippen LogP contribution < -0.4 is 20.1 Å². The van der Waals surface area contributed by atoms with Crippen LogP contribution in [0.15, 0.2) is 23.2 Å². The Morgan fingerprint density at radius 2 is 1.90 bits per heavy atom. The number of sulfone groups is 1. The van der Waals surface area contributed by atoms with Crippen molar-refractivity contribution in [3.63, 3.8) is 0 Å². The average molecular weight is 549 g/mol. The zero-order chi connectivity index (χ0) is 21.4. The van der Waals surface area contributed by atoms with Gasteiger partial charge in [0.1, 0.15) is 0 Å². The number of halogens is 3. The number of nitrogens with one attached hydrogen (secondary N) is 2. The summed E-state index contributed by atoms with van der Waals surface area (Å²) >= 11 is 0. The second-order valence-corrected chi connectivity index (χ2v) is 9.70. The topological polar surface area (TPSA) is 89.0 Å². The van der Waals surface area contributed by atoms with Gasteiger partial charge in [0.15, 0.2) is 27.3 Å². The molecule has 0 spiro atoms. The van der Waals surface area contributed by atoms with Gasteiger partial charge in [-0.05, 0) is 33.8 Å². The predicted octanol–water partition coefficient (Wildman–Crippen LogP) is 3.18. The third-order valence-corrected chi connectivity index (χ3v) is 6.44. The highest BCUT2D eigenvalue weighted by molar-refractivity contribution is 14.0. The maximum Gasteiger partial charge on any atom is 0.387 e. The summed E-state index contributed by atoms with van der Waals surface area (Å²) in [5.41, 5.74) is 0.455. The van der Waals surface area contributed by atoms with Crippen molar-refractivity contribution in [2.24, 2.45) is 4.99 Å². The summed E-state index contributed by atoms with van der Waals surface area (Å²) in [4.78, 5) is 4.01. The molecular weight excluding hydrogens is 519 g/mol. The maximum absolute atomic E-state index is 12.8. The van der Waals surface area contributed by atoms with Crippen LogP contribution in [0, 0.1) is 0 Å². The Labute approximate surface area is 188 Å². The Balaban J connectivity index is 0.00000784. The Morgan fingerprint density at radius 1 is 1.24 bits per heavy atom. The number of alkyl halides is 2. The van der Waals surface area contributed by atoms with E-state index in [2.05, 4.69) is 20.4 Å². The smallest absolute Gasteiger partial charge is 0.387 e. The highest BCUT2D eigenvalue weighted by Crippen LogP contribution is 2.32. The van der Waals surface area contributed by atoms with Gasteiger partial charge in [0.05, 0.1) is 17.1 Å². The number of aliphatic imine (C=N–C) groups is 1. The molecule has 1 aromatic rings. The zero-order valence-electron chi connectivity index (χ0n) is 17.3. The van der Waals surface area contributed by atoms with Crippen molar-refractivity contribution in [1.82, 2.24) is 10.6 Å². The number of rotatable bonds is 9. The molecule has 1 rings (SSSR count). The quantitative estimate of drug-likeness (QED) is 0.280. The third-order valence-electron chi connectivity index (χ3n) is 3.83. The van der Waals surface area contributed by atoms with Gasteiger partial charge in [0.2, 0.25) is 0 Å². The van der Waals surface area contributed by atoms with Crippen LogP contribution in [0.1, 0.15) is 33.3 Å². The molecule has 0 atom stereocenters. The fourth-order valence-corrected chi connectivity index (χ4v) is 3.19. The number of para-hydroxylation sites is 1. The normalized spacial score (nSPS) is 12.3. The van der Waals surface area contributed by atoms with Crippen molar-refractivity contribution in [3.05, 3.63) is 23.8 Å². The third kappa shape index (κ3) is 8.89. The summed E-state index contributed by atoms with van der Waals surface area (Å²) in [7, 11) is -1.74. The first-order valence-electron chi connectivity index (χ1n) is 8.88. The van der Waals surface area contributed by atoms with Crippen LogP contribution >= 0.6 is 24.0 Å². The lowest BCUT2D eigenvalue weighted by Crippen LogP contribution is -2.41. The molecule has 0 saturated heterocycles. The minimum atomic E-state index is -3.27. The number of hydrogen-bond acceptors (Lipinski definition) is 5. The average Bonchev–Trinajstić information content (AvgIpc) is 2.58. The lowest BCUT2D eigenvalue weighted by molar-refractivity contribution is -0.0520. The second-order valence-electron chi connectivity index (χ2n) is 6.84. The largest absolute Gasteiger partial charge is 0.490 e. The molecule has 11 heteroatoms. The van der Waals surface area contributed by atoms with E-state index in [1.54, 1.807) is 45.9 Å². The van der Waals surface area contributed by atoms with E-state index in [4.69, 9.17) is 4.74 Å². The van der Waals surface area contributed by atoms with Crippen molar-refractivity contribution in [2.75, 3.05) is 26.0 Å². The first-order valence-corrected chi connectivity index (χ1v) is 10.5. The molecule has 0 heterocycles. The first-order chi connectivity index (χ1) is 13.0. The molecule has 0 fully saturated rings. The fraction of sp³-hybridized carbons (Fsp3) is 0.611. The zero-order valence-corrected chi connectivity index (χ0v) is 20.4. The van der Waals surface area contributed by atoms with Crippen LogP contribution in [0.3, 0.4) is 0 Å². The molecule has 0 bridgehead atoms. The number of guanidine groups is 1. The second kappa shape index (κ2) is 12.4. The molecule has 0 radical (unpaired) electrons. The van der Waals surface area contributed by atoms with Gasteiger partial charge in [0, 0.05) is 25.7 Å². The molecule has 0 aliphatic rings. The van der Waals surface area contributed by atoms with E-state index in [9.17, 15) is 17.2 Å². The summed E-state index contributed by atoms with van der Waals surface area (Å²) in [6, 6.07) is 4.85. The Morgan fingerprint density at radius 3 is 2.41 bits per heavy atom. The van der Waals surface area contributed by atoms with Gasteiger partial charge in [-0.15, -0.1) is 24.0 Å². The number of ether oxygens (including phenoxy) is 2. The maximum atomic E-state index is 12.8. The van der Waals surface area contributed by atoms with Crippen molar-refractivity contribution in [1.29, 1.82) is 0 Å². The monoisotopic (exact) mass is 549 g/mol. The van der Waals surface area contributed by atoms with Crippen LogP contribution in [-0.4, -0.2) is 51.7 Å². The molecule has 0 amide bonds. The van der Waals surface area contributed by atoms with Crippen LogP contribution in [0.25, 0.3) is 0 Å². The molecule has 29 heavy (non-hydrogen) atoms. The molecule has 0 saturated carbocycles. The van der Waals surface area contributed by atoms with Gasteiger partial charge in [-0.2, -0.15) is 8.78 Å². The summed E-state index contributed by atoms with van der Waals surface area (Å²) in [6.07, 6.45) is 0. The van der Waals surface area contributed by atoms with Crippen LogP contribution in [0.4, 0.5) is 8.78 Å². The van der Waals surface area contributed by atoms with Gasteiger partial charge in [-0.3, -0.25) is 4.99 Å². The van der Waals surface area contributed by atoms with Gasteiger partial charge in [-0.1, -0.05) is 12.1 Å². The highest BCUT2D eigenvalue weighted by atomic mass is 127. The van der Waals surface area contributed by atoms with Crippen LogP contribution in [-0.2, 0) is 16.4 Å². The van der Waals surface area contributed by atoms with Crippen molar-refractivity contribution in [3.8, 4) is 11.5 Å². The molecular formula is C18H30F2IN3O4S. The van der Waals surface area contributed by atoms with Gasteiger partial charge < -0.3 is 20.1 Å². The van der Waals surface area contributed by atoms with E-state index in [1.807, 2.05) is 0 Å². The van der Waals surface area contributed by atoms with Gasteiger partial charge >= 0.3 is 6.61 Å². The standard InChI is InChI=1S/C18H29F2N3O4S.HI/c1-6-26-14-9-7-8-13(15(14)27-16(19)20)12-23-17(21-5)22-10-11-28(24,25)18(2,3)4;/h7-9,16H,6,10-12H2,1-5H3,(H2,21,22,23);1H. The van der Waals surface area contributed by atoms with Crippen molar-refractivity contribution < 1.29 is 26.7 Å². The molecule has 168 valence electrons. The molecule has 2 N–H and O–H groups in total. The predicted molar refractivity (Wildman–Crippen MR) is 121 cm³/mol. The van der Waals surface area contributed by atoms with Gasteiger partial charge in [-0.25, -0.2) is 8.42 Å². The van der Waals surface area contributed by atoms with E-state index in [0.29, 0.717) is 18.1 Å². The summed E-state index contributed by atoms with van der Waals surface area (Å²) in [5, 5.41) is 5.86. The number of nitrogens with zero attached hydrogens (tertiary/aromatic N) is 1. The van der Waals surface area contributed by atoms with E-state index in [1.165, 1.54) is 7.05 Å². The SMILES string of the molecule is CCOc1cccc(CNC(=NC)NCCS(=O)(=O)C(C)(C)C)c1OC(F)F.I. The lowest BCUT2D eigenvalue weighted by Gasteiger charge is -2.20.